The summed E-state index contributed by atoms with van der Waals surface area (Å²) in [4.78, 5) is 16.3. The summed E-state index contributed by atoms with van der Waals surface area (Å²) >= 11 is 1.62. The van der Waals surface area contributed by atoms with E-state index < -0.39 is 5.54 Å². The topological polar surface area (TPSA) is 38.8 Å². The van der Waals surface area contributed by atoms with Crippen molar-refractivity contribution in [2.75, 3.05) is 25.2 Å². The molecule has 4 nitrogen and oxygen atoms in total. The fourth-order valence-electron chi connectivity index (χ4n) is 3.42. The molecule has 0 saturated carbocycles. The number of thiophene rings is 1. The number of anilines is 1. The van der Waals surface area contributed by atoms with Crippen LogP contribution in [-0.4, -0.2) is 26.2 Å². The number of carbonyl (C=O) groups is 1. The van der Waals surface area contributed by atoms with Crippen molar-refractivity contribution < 1.29 is 14.3 Å². The highest BCUT2D eigenvalue weighted by atomic mass is 32.1. The minimum absolute atomic E-state index is 0.150. The van der Waals surface area contributed by atoms with E-state index >= 15 is 0 Å². The fraction of sp³-hybridized carbons (Fsp3) is 0.421. The van der Waals surface area contributed by atoms with Gasteiger partial charge < -0.3 is 14.4 Å². The Hall–Kier alpha value is -2.01. The second kappa shape index (κ2) is 7.26. The first-order chi connectivity index (χ1) is 11.7. The Kier molecular flexibility index (Phi) is 5.09. The molecular formula is C19H23NO3S. The number of piperidine rings is 1. The molecule has 1 aromatic carbocycles. The summed E-state index contributed by atoms with van der Waals surface area (Å²) < 4.78 is 10.8. The van der Waals surface area contributed by atoms with E-state index in [1.807, 2.05) is 48.7 Å². The van der Waals surface area contributed by atoms with Crippen molar-refractivity contribution in [3.8, 4) is 5.75 Å². The second-order valence-electron chi connectivity index (χ2n) is 5.86. The van der Waals surface area contributed by atoms with Gasteiger partial charge in [-0.15, -0.1) is 11.3 Å². The Labute approximate surface area is 147 Å². The van der Waals surface area contributed by atoms with Gasteiger partial charge in [-0.25, -0.2) is 4.79 Å². The van der Waals surface area contributed by atoms with Crippen LogP contribution >= 0.6 is 11.3 Å². The maximum absolute atomic E-state index is 13.0. The third-order valence-electron chi connectivity index (χ3n) is 4.56. The molecule has 1 aliphatic heterocycles. The third-order valence-corrected chi connectivity index (χ3v) is 5.58. The average molecular weight is 345 g/mol. The van der Waals surface area contributed by atoms with Crippen molar-refractivity contribution in [2.24, 2.45) is 0 Å². The Morgan fingerprint density at radius 3 is 2.67 bits per heavy atom. The van der Waals surface area contributed by atoms with Crippen molar-refractivity contribution in [1.82, 2.24) is 0 Å². The number of carbonyl (C=O) groups excluding carboxylic acids is 1. The number of hydrogen-bond acceptors (Lipinski definition) is 5. The number of hydrogen-bond donors (Lipinski definition) is 0. The van der Waals surface area contributed by atoms with Gasteiger partial charge in [-0.05, 0) is 61.9 Å². The quantitative estimate of drug-likeness (QED) is 0.761. The summed E-state index contributed by atoms with van der Waals surface area (Å²) in [6, 6.07) is 12.0. The molecule has 2 heterocycles. The second-order valence-corrected chi connectivity index (χ2v) is 6.81. The third kappa shape index (κ3) is 2.88. The molecule has 1 aliphatic rings. The van der Waals surface area contributed by atoms with E-state index in [1.54, 1.807) is 18.4 Å². The van der Waals surface area contributed by atoms with Gasteiger partial charge in [-0.2, -0.15) is 0 Å². The molecule has 5 heteroatoms. The van der Waals surface area contributed by atoms with Crippen LogP contribution in [0.5, 0.6) is 5.75 Å². The lowest BCUT2D eigenvalue weighted by atomic mass is 9.84. The predicted octanol–water partition coefficient (Wildman–Crippen LogP) is 4.21. The summed E-state index contributed by atoms with van der Waals surface area (Å²) in [6.07, 6.45) is 2.86. The van der Waals surface area contributed by atoms with Crippen molar-refractivity contribution in [1.29, 1.82) is 0 Å². The van der Waals surface area contributed by atoms with Gasteiger partial charge in [0, 0.05) is 17.1 Å². The van der Waals surface area contributed by atoms with Crippen molar-refractivity contribution in [2.45, 2.75) is 31.7 Å². The molecule has 1 atom stereocenters. The van der Waals surface area contributed by atoms with Gasteiger partial charge in [0.05, 0.1) is 13.7 Å². The molecule has 0 spiro atoms. The van der Waals surface area contributed by atoms with Crippen LogP contribution in [0.2, 0.25) is 0 Å². The highest BCUT2D eigenvalue weighted by Crippen LogP contribution is 2.44. The minimum Gasteiger partial charge on any atom is -0.497 e. The highest BCUT2D eigenvalue weighted by Gasteiger charge is 2.49. The Morgan fingerprint density at radius 2 is 2.04 bits per heavy atom. The van der Waals surface area contributed by atoms with Gasteiger partial charge in [0.15, 0.2) is 5.54 Å². The number of benzene rings is 1. The molecule has 0 N–H and O–H groups in total. The van der Waals surface area contributed by atoms with Gasteiger partial charge >= 0.3 is 5.97 Å². The number of esters is 1. The van der Waals surface area contributed by atoms with Crippen LogP contribution in [0.1, 0.15) is 31.1 Å². The smallest absolute Gasteiger partial charge is 0.337 e. The lowest BCUT2D eigenvalue weighted by Gasteiger charge is -2.46. The molecule has 0 radical (unpaired) electrons. The summed E-state index contributed by atoms with van der Waals surface area (Å²) in [6.45, 7) is 3.09. The molecule has 1 fully saturated rings. The Bertz CT molecular complexity index is 668. The maximum Gasteiger partial charge on any atom is 0.337 e. The van der Waals surface area contributed by atoms with Crippen LogP contribution in [0, 0.1) is 0 Å². The lowest BCUT2D eigenvalue weighted by molar-refractivity contribution is -0.151. The highest BCUT2D eigenvalue weighted by molar-refractivity contribution is 7.10. The molecule has 0 bridgehead atoms. The van der Waals surface area contributed by atoms with E-state index in [9.17, 15) is 4.79 Å². The SMILES string of the molecule is CCOC(=O)C1(c2cccs2)CCCCN1c1ccc(OC)cc1. The van der Waals surface area contributed by atoms with Gasteiger partial charge in [-0.1, -0.05) is 6.07 Å². The first-order valence-corrected chi connectivity index (χ1v) is 9.23. The van der Waals surface area contributed by atoms with Gasteiger partial charge in [0.25, 0.3) is 0 Å². The zero-order valence-corrected chi connectivity index (χ0v) is 15.0. The van der Waals surface area contributed by atoms with E-state index in [0.717, 1.165) is 42.1 Å². The van der Waals surface area contributed by atoms with Crippen molar-refractivity contribution in [3.63, 3.8) is 0 Å². The normalized spacial score (nSPS) is 20.7. The molecule has 2 aromatic rings. The molecule has 1 aromatic heterocycles. The van der Waals surface area contributed by atoms with Crippen LogP contribution < -0.4 is 9.64 Å². The largest absolute Gasteiger partial charge is 0.497 e. The summed E-state index contributed by atoms with van der Waals surface area (Å²) in [5.41, 5.74) is 0.300. The fourth-order valence-corrected chi connectivity index (χ4v) is 4.37. The molecule has 3 rings (SSSR count). The Morgan fingerprint density at radius 1 is 1.25 bits per heavy atom. The number of rotatable bonds is 5. The van der Waals surface area contributed by atoms with E-state index in [1.165, 1.54) is 0 Å². The Balaban J connectivity index is 2.07. The molecule has 1 saturated heterocycles. The predicted molar refractivity (Wildman–Crippen MR) is 96.8 cm³/mol. The minimum atomic E-state index is -0.725. The van der Waals surface area contributed by atoms with Crippen LogP contribution in [0.25, 0.3) is 0 Å². The van der Waals surface area contributed by atoms with Crippen molar-refractivity contribution >= 4 is 23.0 Å². The number of ether oxygens (including phenoxy) is 2. The number of methoxy groups -OCH3 is 1. The lowest BCUT2D eigenvalue weighted by Crippen LogP contribution is -2.55. The zero-order valence-electron chi connectivity index (χ0n) is 14.2. The van der Waals surface area contributed by atoms with E-state index in [-0.39, 0.29) is 5.97 Å². The van der Waals surface area contributed by atoms with Gasteiger partial charge in [0.1, 0.15) is 5.75 Å². The standard InChI is InChI=1S/C19H23NO3S/c1-3-23-18(21)19(17-7-6-14-24-17)12-4-5-13-20(19)15-8-10-16(22-2)11-9-15/h6-11,14H,3-5,12-13H2,1-2H3. The maximum atomic E-state index is 13.0. The summed E-state index contributed by atoms with van der Waals surface area (Å²) in [7, 11) is 1.66. The average Bonchev–Trinajstić information content (AvgIpc) is 3.17. The van der Waals surface area contributed by atoms with Crippen LogP contribution in [0.4, 0.5) is 5.69 Å². The van der Waals surface area contributed by atoms with Gasteiger partial charge in [0.2, 0.25) is 0 Å². The summed E-state index contributed by atoms with van der Waals surface area (Å²) in [5, 5.41) is 2.02. The van der Waals surface area contributed by atoms with Crippen molar-refractivity contribution in [3.05, 3.63) is 46.7 Å². The zero-order chi connectivity index (χ0) is 17.0. The summed E-state index contributed by atoms with van der Waals surface area (Å²) in [5.74, 6) is 0.664. The molecular weight excluding hydrogens is 322 g/mol. The van der Waals surface area contributed by atoms with Gasteiger partial charge in [-0.3, -0.25) is 0 Å². The van der Waals surface area contributed by atoms with E-state index in [0.29, 0.717) is 6.61 Å². The van der Waals surface area contributed by atoms with Crippen LogP contribution in [0.3, 0.4) is 0 Å². The monoisotopic (exact) mass is 345 g/mol. The molecule has 1 unspecified atom stereocenters. The van der Waals surface area contributed by atoms with Crippen LogP contribution in [0.15, 0.2) is 41.8 Å². The first-order valence-electron chi connectivity index (χ1n) is 8.35. The molecule has 0 amide bonds. The number of nitrogens with zero attached hydrogens (tertiary/aromatic N) is 1. The van der Waals surface area contributed by atoms with E-state index in [4.69, 9.17) is 9.47 Å². The van der Waals surface area contributed by atoms with Crippen LogP contribution in [-0.2, 0) is 15.1 Å². The first kappa shape index (κ1) is 16.8. The van der Waals surface area contributed by atoms with E-state index in [2.05, 4.69) is 4.90 Å². The molecule has 24 heavy (non-hydrogen) atoms. The molecule has 128 valence electrons. The molecule has 0 aliphatic carbocycles.